The Labute approximate surface area is 138 Å². The summed E-state index contributed by atoms with van der Waals surface area (Å²) in [5, 5.41) is 13.1. The minimum Gasteiger partial charge on any atom is -0.480 e. The van der Waals surface area contributed by atoms with Crippen LogP contribution in [0.3, 0.4) is 0 Å². The molecule has 126 valence electrons. The van der Waals surface area contributed by atoms with Crippen LogP contribution in [0.2, 0.25) is 0 Å². The summed E-state index contributed by atoms with van der Waals surface area (Å²) in [6.45, 7) is 3.74. The molecule has 0 bridgehead atoms. The van der Waals surface area contributed by atoms with Gasteiger partial charge in [0, 0.05) is 24.2 Å². The summed E-state index contributed by atoms with van der Waals surface area (Å²) >= 11 is 0. The predicted molar refractivity (Wildman–Crippen MR) is 84.6 cm³/mol. The average Bonchev–Trinajstić information content (AvgIpc) is 2.95. The summed E-state index contributed by atoms with van der Waals surface area (Å²) < 4.78 is 6.59. The molecule has 1 aliphatic rings. The maximum Gasteiger partial charge on any atom is 0.325 e. The minimum absolute atomic E-state index is 0.0342. The first kappa shape index (κ1) is 16.1. The Hall–Kier alpha value is -2.74. The fourth-order valence-corrected chi connectivity index (χ4v) is 2.62. The molecule has 1 aromatic carbocycles. The highest BCUT2D eigenvalue weighted by Crippen LogP contribution is 2.19. The van der Waals surface area contributed by atoms with Gasteiger partial charge in [-0.2, -0.15) is 5.10 Å². The SMILES string of the molecule is Cc1nc(-c2ccc(C(=O)N3CCOCC3)cc2)n(CC(=O)O)n1. The number of rotatable bonds is 4. The number of aliphatic carboxylic acids is 1. The molecular formula is C16H18N4O4. The third kappa shape index (κ3) is 3.43. The molecule has 0 atom stereocenters. The van der Waals surface area contributed by atoms with Crippen LogP contribution in [-0.4, -0.2) is 63.0 Å². The number of carboxylic acid groups (broad SMARTS) is 1. The van der Waals surface area contributed by atoms with Crippen molar-refractivity contribution in [3.05, 3.63) is 35.7 Å². The van der Waals surface area contributed by atoms with E-state index in [2.05, 4.69) is 10.1 Å². The highest BCUT2D eigenvalue weighted by Gasteiger charge is 2.19. The average molecular weight is 330 g/mol. The van der Waals surface area contributed by atoms with Gasteiger partial charge in [-0.3, -0.25) is 9.59 Å². The smallest absolute Gasteiger partial charge is 0.325 e. The van der Waals surface area contributed by atoms with Crippen LogP contribution in [0.4, 0.5) is 0 Å². The molecule has 24 heavy (non-hydrogen) atoms. The van der Waals surface area contributed by atoms with Gasteiger partial charge >= 0.3 is 5.97 Å². The van der Waals surface area contributed by atoms with Crippen molar-refractivity contribution in [3.8, 4) is 11.4 Å². The number of ether oxygens (including phenoxy) is 1. The molecule has 3 rings (SSSR count). The summed E-state index contributed by atoms with van der Waals surface area (Å²) in [4.78, 5) is 29.4. The minimum atomic E-state index is -0.986. The van der Waals surface area contributed by atoms with Crippen LogP contribution in [0.25, 0.3) is 11.4 Å². The number of aromatic nitrogens is 3. The molecule has 1 N–H and O–H groups in total. The number of benzene rings is 1. The molecule has 0 unspecified atom stereocenters. The molecule has 0 spiro atoms. The van der Waals surface area contributed by atoms with Crippen LogP contribution < -0.4 is 0 Å². The second-order valence-electron chi connectivity index (χ2n) is 5.52. The van der Waals surface area contributed by atoms with Gasteiger partial charge in [0.15, 0.2) is 5.82 Å². The van der Waals surface area contributed by atoms with Crippen LogP contribution in [-0.2, 0) is 16.1 Å². The van der Waals surface area contributed by atoms with E-state index >= 15 is 0 Å². The summed E-state index contributed by atoms with van der Waals surface area (Å²) in [5.41, 5.74) is 1.30. The van der Waals surface area contributed by atoms with Crippen LogP contribution in [0.15, 0.2) is 24.3 Å². The molecule has 1 amide bonds. The first-order valence-corrected chi connectivity index (χ1v) is 7.65. The quantitative estimate of drug-likeness (QED) is 0.891. The number of hydrogen-bond donors (Lipinski definition) is 1. The summed E-state index contributed by atoms with van der Waals surface area (Å²) in [7, 11) is 0. The monoisotopic (exact) mass is 330 g/mol. The Morgan fingerprint density at radius 2 is 1.88 bits per heavy atom. The number of carbonyl (C=O) groups excluding carboxylic acids is 1. The lowest BCUT2D eigenvalue weighted by atomic mass is 10.1. The van der Waals surface area contributed by atoms with Gasteiger partial charge in [0.25, 0.3) is 5.91 Å². The molecule has 1 saturated heterocycles. The van der Waals surface area contributed by atoms with Crippen molar-refractivity contribution in [1.82, 2.24) is 19.7 Å². The molecule has 0 radical (unpaired) electrons. The van der Waals surface area contributed by atoms with E-state index in [4.69, 9.17) is 9.84 Å². The third-order valence-corrected chi connectivity index (χ3v) is 3.75. The van der Waals surface area contributed by atoms with Gasteiger partial charge in [0.2, 0.25) is 0 Å². The lowest BCUT2D eigenvalue weighted by Gasteiger charge is -2.26. The van der Waals surface area contributed by atoms with Crippen LogP contribution in [0.5, 0.6) is 0 Å². The topological polar surface area (TPSA) is 97.6 Å². The molecular weight excluding hydrogens is 312 g/mol. The van der Waals surface area contributed by atoms with Crippen molar-refractivity contribution >= 4 is 11.9 Å². The van der Waals surface area contributed by atoms with Gasteiger partial charge in [-0.25, -0.2) is 9.67 Å². The van der Waals surface area contributed by atoms with E-state index in [-0.39, 0.29) is 12.5 Å². The van der Waals surface area contributed by atoms with Crippen LogP contribution >= 0.6 is 0 Å². The first-order valence-electron chi connectivity index (χ1n) is 7.65. The largest absolute Gasteiger partial charge is 0.480 e. The maximum absolute atomic E-state index is 12.4. The van der Waals surface area contributed by atoms with Gasteiger partial charge in [0.05, 0.1) is 13.2 Å². The summed E-state index contributed by atoms with van der Waals surface area (Å²) in [5.74, 6) is -0.0479. The van der Waals surface area contributed by atoms with Gasteiger partial charge in [-0.15, -0.1) is 0 Å². The van der Waals surface area contributed by atoms with E-state index in [1.807, 2.05) is 0 Å². The van der Waals surface area contributed by atoms with Gasteiger partial charge in [0.1, 0.15) is 12.4 Å². The first-order chi connectivity index (χ1) is 11.5. The second kappa shape index (κ2) is 6.79. The molecule has 2 aromatic rings. The number of amides is 1. The molecule has 8 heteroatoms. The maximum atomic E-state index is 12.4. The van der Waals surface area contributed by atoms with Crippen molar-refractivity contribution in [1.29, 1.82) is 0 Å². The number of nitrogens with zero attached hydrogens (tertiary/aromatic N) is 4. The molecule has 1 fully saturated rings. The van der Waals surface area contributed by atoms with E-state index in [1.54, 1.807) is 36.1 Å². The normalized spacial score (nSPS) is 14.6. The van der Waals surface area contributed by atoms with E-state index in [9.17, 15) is 9.59 Å². The number of hydrogen-bond acceptors (Lipinski definition) is 5. The second-order valence-corrected chi connectivity index (χ2v) is 5.52. The number of morpholine rings is 1. The Kier molecular flexibility index (Phi) is 4.57. The Morgan fingerprint density at radius 3 is 2.50 bits per heavy atom. The molecule has 8 nitrogen and oxygen atoms in total. The molecule has 1 aliphatic heterocycles. The van der Waals surface area contributed by atoms with E-state index in [1.165, 1.54) is 4.68 Å². The Morgan fingerprint density at radius 1 is 1.21 bits per heavy atom. The highest BCUT2D eigenvalue weighted by molar-refractivity contribution is 5.94. The number of carbonyl (C=O) groups is 2. The van der Waals surface area contributed by atoms with Gasteiger partial charge in [-0.1, -0.05) is 12.1 Å². The molecule has 2 heterocycles. The predicted octanol–water partition coefficient (Wildman–Crippen LogP) is 0.811. The van der Waals surface area contributed by atoms with Crippen LogP contribution in [0, 0.1) is 6.92 Å². The van der Waals surface area contributed by atoms with Crippen molar-refractivity contribution < 1.29 is 19.4 Å². The number of carboxylic acids is 1. The summed E-state index contributed by atoms with van der Waals surface area (Å²) in [6.07, 6.45) is 0. The number of aryl methyl sites for hydroxylation is 1. The zero-order valence-corrected chi connectivity index (χ0v) is 13.3. The lowest BCUT2D eigenvalue weighted by molar-refractivity contribution is -0.137. The van der Waals surface area contributed by atoms with E-state index in [0.29, 0.717) is 43.5 Å². The Balaban J connectivity index is 1.82. The Bertz CT molecular complexity index is 748. The third-order valence-electron chi connectivity index (χ3n) is 3.75. The molecule has 1 aromatic heterocycles. The van der Waals surface area contributed by atoms with Crippen molar-refractivity contribution in [3.63, 3.8) is 0 Å². The van der Waals surface area contributed by atoms with Crippen molar-refractivity contribution in [2.75, 3.05) is 26.3 Å². The fourth-order valence-electron chi connectivity index (χ4n) is 2.62. The zero-order valence-electron chi connectivity index (χ0n) is 13.3. The van der Waals surface area contributed by atoms with Crippen molar-refractivity contribution in [2.45, 2.75) is 13.5 Å². The van der Waals surface area contributed by atoms with Crippen molar-refractivity contribution in [2.24, 2.45) is 0 Å². The van der Waals surface area contributed by atoms with Gasteiger partial charge in [-0.05, 0) is 19.1 Å². The van der Waals surface area contributed by atoms with E-state index < -0.39 is 5.97 Å². The van der Waals surface area contributed by atoms with E-state index in [0.717, 1.165) is 5.56 Å². The molecule has 0 saturated carbocycles. The standard InChI is InChI=1S/C16H18N4O4/c1-11-17-15(20(18-11)10-14(21)22)12-2-4-13(5-3-12)16(23)19-6-8-24-9-7-19/h2-5H,6-10H2,1H3,(H,21,22). The lowest BCUT2D eigenvalue weighted by Crippen LogP contribution is -2.40. The fraction of sp³-hybridized carbons (Fsp3) is 0.375. The highest BCUT2D eigenvalue weighted by atomic mass is 16.5. The zero-order chi connectivity index (χ0) is 17.1. The van der Waals surface area contributed by atoms with Crippen LogP contribution in [0.1, 0.15) is 16.2 Å². The van der Waals surface area contributed by atoms with Gasteiger partial charge < -0.3 is 14.7 Å². The molecule has 0 aliphatic carbocycles. The summed E-state index contributed by atoms with van der Waals surface area (Å²) in [6, 6.07) is 6.97.